The van der Waals surface area contributed by atoms with Crippen LogP contribution < -0.4 is 10.5 Å². The molecule has 6 nitrogen and oxygen atoms in total. The first kappa shape index (κ1) is 22.6. The highest BCUT2D eigenvalue weighted by molar-refractivity contribution is 7.90. The average Bonchev–Trinajstić information content (AvgIpc) is 2.49. The van der Waals surface area contributed by atoms with Crippen LogP contribution in [0.2, 0.25) is 0 Å². The Kier molecular flexibility index (Phi) is 9.88. The van der Waals surface area contributed by atoms with Gasteiger partial charge in [-0.15, -0.1) is 12.4 Å². The zero-order valence-corrected chi connectivity index (χ0v) is 15.4. The largest absolute Gasteiger partial charge is 0.494 e. The summed E-state index contributed by atoms with van der Waals surface area (Å²) in [5.41, 5.74) is 5.71. The van der Waals surface area contributed by atoms with E-state index in [1.54, 1.807) is 7.05 Å². The molecule has 1 aromatic carbocycles. The van der Waals surface area contributed by atoms with Gasteiger partial charge < -0.3 is 15.4 Å². The van der Waals surface area contributed by atoms with Gasteiger partial charge in [0.15, 0.2) is 0 Å². The van der Waals surface area contributed by atoms with Crippen LogP contribution in [-0.4, -0.2) is 57.5 Å². The van der Waals surface area contributed by atoms with Crippen LogP contribution in [0.4, 0.5) is 4.39 Å². The summed E-state index contributed by atoms with van der Waals surface area (Å²) in [6.07, 6.45) is 1.80. The van der Waals surface area contributed by atoms with Crippen LogP contribution in [0, 0.1) is 5.82 Å². The van der Waals surface area contributed by atoms with Gasteiger partial charge in [-0.05, 0) is 37.1 Å². The molecule has 0 fully saturated rings. The maximum atomic E-state index is 12.7. The molecule has 0 saturated carbocycles. The Morgan fingerprint density at radius 1 is 1.33 bits per heavy atom. The number of carbonyl (C=O) groups is 1. The molecule has 2 N–H and O–H groups in total. The van der Waals surface area contributed by atoms with Crippen LogP contribution in [0.25, 0.3) is 0 Å². The van der Waals surface area contributed by atoms with E-state index < -0.39 is 15.9 Å². The maximum Gasteiger partial charge on any atom is 0.239 e. The van der Waals surface area contributed by atoms with Gasteiger partial charge in [-0.3, -0.25) is 4.79 Å². The van der Waals surface area contributed by atoms with Crippen molar-refractivity contribution in [3.8, 4) is 5.75 Å². The lowest BCUT2D eigenvalue weighted by atomic mass is 10.2. The van der Waals surface area contributed by atoms with Crippen molar-refractivity contribution in [2.45, 2.75) is 18.9 Å². The zero-order valence-electron chi connectivity index (χ0n) is 13.8. The predicted octanol–water partition coefficient (Wildman–Crippen LogP) is 1.24. The van der Waals surface area contributed by atoms with Crippen LogP contribution in [0.5, 0.6) is 5.75 Å². The number of ether oxygens (including phenoxy) is 1. The topological polar surface area (TPSA) is 89.7 Å². The number of nitrogens with two attached hydrogens (primary N) is 1. The van der Waals surface area contributed by atoms with Crippen LogP contribution in [0.15, 0.2) is 24.3 Å². The Labute approximate surface area is 148 Å². The first-order valence-corrected chi connectivity index (χ1v) is 9.32. The molecule has 1 rings (SSSR count). The van der Waals surface area contributed by atoms with Gasteiger partial charge in [-0.25, -0.2) is 12.8 Å². The molecule has 1 unspecified atom stereocenters. The Bertz CT molecular complexity index is 610. The van der Waals surface area contributed by atoms with Gasteiger partial charge >= 0.3 is 0 Å². The molecule has 0 radical (unpaired) electrons. The summed E-state index contributed by atoms with van der Waals surface area (Å²) in [5.74, 6) is -0.173. The van der Waals surface area contributed by atoms with Gasteiger partial charge in [0.2, 0.25) is 5.91 Å². The molecule has 0 bridgehead atoms. The van der Waals surface area contributed by atoms with E-state index in [0.29, 0.717) is 25.3 Å². The molecule has 0 spiro atoms. The van der Waals surface area contributed by atoms with Gasteiger partial charge in [0, 0.05) is 19.8 Å². The van der Waals surface area contributed by atoms with E-state index in [1.807, 2.05) is 0 Å². The molecule has 9 heteroatoms. The minimum atomic E-state index is -3.13. The molecule has 0 heterocycles. The standard InChI is InChI=1S/C15H23FN2O4S.ClH/c1-18(15(19)14(17)8-11-23(2,20)21)9-3-10-22-13-6-4-12(16)5-7-13;/h4-7,14H,3,8-11,17H2,1-2H3;1H. The SMILES string of the molecule is CN(CCCOc1ccc(F)cc1)C(=O)C(N)CCS(C)(=O)=O.Cl. The van der Waals surface area contributed by atoms with Crippen molar-refractivity contribution in [2.75, 3.05) is 32.2 Å². The van der Waals surface area contributed by atoms with E-state index in [1.165, 1.54) is 29.2 Å². The molecule has 0 saturated heterocycles. The summed E-state index contributed by atoms with van der Waals surface area (Å²) in [5, 5.41) is 0. The number of benzene rings is 1. The summed E-state index contributed by atoms with van der Waals surface area (Å²) >= 11 is 0. The molecule has 0 aliphatic rings. The van der Waals surface area contributed by atoms with Crippen molar-refractivity contribution in [1.82, 2.24) is 4.90 Å². The Hall–Kier alpha value is -1.38. The molecule has 1 amide bonds. The summed E-state index contributed by atoms with van der Waals surface area (Å²) < 4.78 is 40.3. The first-order valence-electron chi connectivity index (χ1n) is 7.25. The minimum absolute atomic E-state index is 0. The Morgan fingerprint density at radius 3 is 2.46 bits per heavy atom. The monoisotopic (exact) mass is 382 g/mol. The number of amides is 1. The summed E-state index contributed by atoms with van der Waals surface area (Å²) in [4.78, 5) is 13.4. The van der Waals surface area contributed by atoms with Gasteiger partial charge in [-0.2, -0.15) is 0 Å². The molecule has 0 aromatic heterocycles. The number of rotatable bonds is 9. The third-order valence-corrected chi connectivity index (χ3v) is 4.19. The maximum absolute atomic E-state index is 12.7. The van der Waals surface area contributed by atoms with Gasteiger partial charge in [0.25, 0.3) is 0 Å². The van der Waals surface area contributed by atoms with E-state index in [-0.39, 0.29) is 36.3 Å². The molecule has 138 valence electrons. The number of carbonyl (C=O) groups excluding carboxylic acids is 1. The van der Waals surface area contributed by atoms with Crippen LogP contribution in [-0.2, 0) is 14.6 Å². The molecule has 1 aromatic rings. The molecule has 1 atom stereocenters. The zero-order chi connectivity index (χ0) is 17.5. The van der Waals surface area contributed by atoms with E-state index in [4.69, 9.17) is 10.5 Å². The second kappa shape index (κ2) is 10.5. The average molecular weight is 383 g/mol. The molecule has 0 aliphatic heterocycles. The highest BCUT2D eigenvalue weighted by atomic mass is 35.5. The smallest absolute Gasteiger partial charge is 0.239 e. The van der Waals surface area contributed by atoms with Crippen molar-refractivity contribution < 1.29 is 22.3 Å². The quantitative estimate of drug-likeness (QED) is 0.649. The number of hydrogen-bond acceptors (Lipinski definition) is 5. The van der Waals surface area contributed by atoms with Gasteiger partial charge in [-0.1, -0.05) is 0 Å². The molecule has 0 aliphatic carbocycles. The molecular formula is C15H24ClFN2O4S. The predicted molar refractivity (Wildman–Crippen MR) is 93.7 cm³/mol. The van der Waals surface area contributed by atoms with E-state index in [0.717, 1.165) is 6.26 Å². The van der Waals surface area contributed by atoms with Crippen molar-refractivity contribution >= 4 is 28.2 Å². The number of likely N-dealkylation sites (N-methyl/N-ethyl adjacent to an activating group) is 1. The fraction of sp³-hybridized carbons (Fsp3) is 0.533. The summed E-state index contributed by atoms with van der Waals surface area (Å²) in [7, 11) is -1.52. The van der Waals surface area contributed by atoms with Crippen molar-refractivity contribution in [1.29, 1.82) is 0 Å². The molecular weight excluding hydrogens is 359 g/mol. The number of nitrogens with zero attached hydrogens (tertiary/aromatic N) is 1. The third-order valence-electron chi connectivity index (χ3n) is 3.21. The second-order valence-corrected chi connectivity index (χ2v) is 7.70. The number of hydrogen-bond donors (Lipinski definition) is 1. The van der Waals surface area contributed by atoms with Gasteiger partial charge in [0.1, 0.15) is 21.4 Å². The van der Waals surface area contributed by atoms with Crippen molar-refractivity contribution in [3.63, 3.8) is 0 Å². The van der Waals surface area contributed by atoms with Gasteiger partial charge in [0.05, 0.1) is 18.4 Å². The lowest BCUT2D eigenvalue weighted by molar-refractivity contribution is -0.131. The third kappa shape index (κ3) is 9.05. The Balaban J connectivity index is 0.00000529. The molecule has 24 heavy (non-hydrogen) atoms. The lowest BCUT2D eigenvalue weighted by Gasteiger charge is -2.21. The van der Waals surface area contributed by atoms with E-state index >= 15 is 0 Å². The van der Waals surface area contributed by atoms with Crippen LogP contribution >= 0.6 is 12.4 Å². The van der Waals surface area contributed by atoms with Crippen molar-refractivity contribution in [2.24, 2.45) is 5.73 Å². The lowest BCUT2D eigenvalue weighted by Crippen LogP contribution is -2.43. The first-order chi connectivity index (χ1) is 10.7. The minimum Gasteiger partial charge on any atom is -0.494 e. The highest BCUT2D eigenvalue weighted by Gasteiger charge is 2.19. The van der Waals surface area contributed by atoms with E-state index in [9.17, 15) is 17.6 Å². The van der Waals surface area contributed by atoms with Crippen LogP contribution in [0.1, 0.15) is 12.8 Å². The fourth-order valence-corrected chi connectivity index (χ4v) is 2.56. The normalized spacial score (nSPS) is 12.2. The number of halogens is 2. The highest BCUT2D eigenvalue weighted by Crippen LogP contribution is 2.11. The van der Waals surface area contributed by atoms with Crippen molar-refractivity contribution in [3.05, 3.63) is 30.1 Å². The van der Waals surface area contributed by atoms with Crippen LogP contribution in [0.3, 0.4) is 0 Å². The van der Waals surface area contributed by atoms with E-state index in [2.05, 4.69) is 0 Å². The number of sulfone groups is 1. The second-order valence-electron chi connectivity index (χ2n) is 5.44. The summed E-state index contributed by atoms with van der Waals surface area (Å²) in [6.45, 7) is 0.814. The Morgan fingerprint density at radius 2 is 1.92 bits per heavy atom. The summed E-state index contributed by atoms with van der Waals surface area (Å²) in [6, 6.07) is 4.86. The fourth-order valence-electron chi connectivity index (χ4n) is 1.88.